The number of hydrogen-bond donors (Lipinski definition) is 1. The monoisotopic (exact) mass is 264 g/mol. The summed E-state index contributed by atoms with van der Waals surface area (Å²) in [6, 6.07) is 12.7. The summed E-state index contributed by atoms with van der Waals surface area (Å²) in [7, 11) is 0. The van der Waals surface area contributed by atoms with Gasteiger partial charge in [0.25, 0.3) is 0 Å². The Morgan fingerprint density at radius 1 is 1.00 bits per heavy atom. The summed E-state index contributed by atoms with van der Waals surface area (Å²) in [6.07, 6.45) is 4.00. The number of rotatable bonds is 0. The third-order valence-corrected chi connectivity index (χ3v) is 3.43. The summed E-state index contributed by atoms with van der Waals surface area (Å²) in [6.45, 7) is -0.198. The molecule has 1 unspecified atom stereocenters. The highest BCUT2D eigenvalue weighted by Crippen LogP contribution is 2.34. The Morgan fingerprint density at radius 2 is 1.75 bits per heavy atom. The second kappa shape index (κ2) is 5.32. The Morgan fingerprint density at radius 3 is 2.55 bits per heavy atom. The van der Waals surface area contributed by atoms with Crippen LogP contribution in [0.2, 0.25) is 0 Å². The molecule has 0 radical (unpaired) electrons. The van der Waals surface area contributed by atoms with Gasteiger partial charge in [0.2, 0.25) is 0 Å². The molecule has 3 rings (SSSR count). The van der Waals surface area contributed by atoms with Crippen molar-refractivity contribution in [2.24, 2.45) is 0 Å². The number of aliphatic hydroxyl groups excluding tert-OH is 1. The van der Waals surface area contributed by atoms with Gasteiger partial charge in [-0.15, -0.1) is 0 Å². The molecule has 20 heavy (non-hydrogen) atoms. The van der Waals surface area contributed by atoms with Gasteiger partial charge in [-0.2, -0.15) is 0 Å². The molecule has 0 bridgehead atoms. The first-order valence-corrected chi connectivity index (χ1v) is 6.45. The van der Waals surface area contributed by atoms with Gasteiger partial charge in [0.15, 0.2) is 0 Å². The molecule has 1 atom stereocenters. The zero-order chi connectivity index (χ0) is 13.9. The number of benzene rings is 2. The Labute approximate surface area is 117 Å². The largest absolute Gasteiger partial charge is 0.384 e. The van der Waals surface area contributed by atoms with Crippen LogP contribution in [-0.4, -0.2) is 11.7 Å². The first kappa shape index (κ1) is 12.7. The van der Waals surface area contributed by atoms with Crippen LogP contribution in [0.15, 0.2) is 42.5 Å². The van der Waals surface area contributed by atoms with Crippen molar-refractivity contribution in [1.29, 1.82) is 0 Å². The summed E-state index contributed by atoms with van der Waals surface area (Å²) in [4.78, 5) is 0. The van der Waals surface area contributed by atoms with Crippen LogP contribution in [0.4, 0.5) is 4.39 Å². The smallest absolute Gasteiger partial charge is 0.123 e. The second-order valence-electron chi connectivity index (χ2n) is 4.65. The molecule has 0 saturated heterocycles. The number of fused-ring (bicyclic) bond motifs is 2. The lowest BCUT2D eigenvalue weighted by Crippen LogP contribution is -2.02. The molecule has 0 saturated carbocycles. The van der Waals surface area contributed by atoms with Crippen molar-refractivity contribution in [2.45, 2.75) is 5.92 Å². The van der Waals surface area contributed by atoms with Crippen molar-refractivity contribution in [3.8, 4) is 11.8 Å². The minimum Gasteiger partial charge on any atom is -0.384 e. The van der Waals surface area contributed by atoms with Gasteiger partial charge >= 0.3 is 0 Å². The first-order chi connectivity index (χ1) is 9.79. The van der Waals surface area contributed by atoms with Crippen molar-refractivity contribution >= 4 is 12.2 Å². The molecule has 2 aromatic rings. The van der Waals surface area contributed by atoms with Crippen molar-refractivity contribution in [1.82, 2.24) is 0 Å². The van der Waals surface area contributed by atoms with E-state index in [1.54, 1.807) is 6.07 Å². The summed E-state index contributed by atoms with van der Waals surface area (Å²) in [5.74, 6) is 5.25. The van der Waals surface area contributed by atoms with Gasteiger partial charge in [-0.25, -0.2) is 4.39 Å². The topological polar surface area (TPSA) is 20.2 Å². The molecule has 2 aromatic carbocycles. The fourth-order valence-corrected chi connectivity index (χ4v) is 2.52. The average Bonchev–Trinajstić information content (AvgIpc) is 2.62. The maximum Gasteiger partial charge on any atom is 0.123 e. The van der Waals surface area contributed by atoms with Crippen LogP contribution in [-0.2, 0) is 0 Å². The maximum atomic E-state index is 13.6. The highest BCUT2D eigenvalue weighted by Gasteiger charge is 2.19. The minimum absolute atomic E-state index is 0.198. The van der Waals surface area contributed by atoms with E-state index in [4.69, 9.17) is 5.11 Å². The van der Waals surface area contributed by atoms with Crippen LogP contribution in [0.3, 0.4) is 0 Å². The van der Waals surface area contributed by atoms with Gasteiger partial charge in [-0.3, -0.25) is 0 Å². The SMILES string of the molecule is OCC#CC1c2ccccc2C=Cc2ccc(F)cc21. The molecule has 2 heteroatoms. The summed E-state index contributed by atoms with van der Waals surface area (Å²) in [5.41, 5.74) is 3.90. The fraction of sp³-hybridized carbons (Fsp3) is 0.111. The molecule has 0 fully saturated rings. The number of halogens is 1. The molecule has 0 amide bonds. The van der Waals surface area contributed by atoms with Crippen molar-refractivity contribution in [3.63, 3.8) is 0 Å². The molecule has 0 spiro atoms. The van der Waals surface area contributed by atoms with E-state index in [1.807, 2.05) is 36.4 Å². The number of aliphatic hydroxyl groups is 1. The first-order valence-electron chi connectivity index (χ1n) is 6.45. The van der Waals surface area contributed by atoms with E-state index in [2.05, 4.69) is 11.8 Å². The summed E-state index contributed by atoms with van der Waals surface area (Å²) >= 11 is 0. The summed E-state index contributed by atoms with van der Waals surface area (Å²) in [5, 5.41) is 8.95. The molecule has 0 aromatic heterocycles. The quantitative estimate of drug-likeness (QED) is 0.723. The highest BCUT2D eigenvalue weighted by molar-refractivity contribution is 5.77. The van der Waals surface area contributed by atoms with E-state index in [-0.39, 0.29) is 18.3 Å². The van der Waals surface area contributed by atoms with Crippen LogP contribution in [0.25, 0.3) is 12.2 Å². The van der Waals surface area contributed by atoms with E-state index in [0.29, 0.717) is 0 Å². The third-order valence-electron chi connectivity index (χ3n) is 3.43. The molecule has 1 aliphatic carbocycles. The van der Waals surface area contributed by atoms with Gasteiger partial charge in [-0.1, -0.05) is 54.3 Å². The van der Waals surface area contributed by atoms with Gasteiger partial charge in [-0.05, 0) is 34.4 Å². The van der Waals surface area contributed by atoms with E-state index >= 15 is 0 Å². The molecule has 0 heterocycles. The molecular weight excluding hydrogens is 251 g/mol. The Balaban J connectivity index is 2.26. The molecule has 1 nitrogen and oxygen atoms in total. The van der Waals surface area contributed by atoms with E-state index in [0.717, 1.165) is 22.3 Å². The normalized spacial score (nSPS) is 15.6. The Kier molecular flexibility index (Phi) is 3.37. The predicted molar refractivity (Wildman–Crippen MR) is 78.5 cm³/mol. The second-order valence-corrected chi connectivity index (χ2v) is 4.65. The lowest BCUT2D eigenvalue weighted by atomic mass is 9.88. The highest BCUT2D eigenvalue weighted by atomic mass is 19.1. The molecule has 98 valence electrons. The fourth-order valence-electron chi connectivity index (χ4n) is 2.52. The molecule has 1 N–H and O–H groups in total. The zero-order valence-corrected chi connectivity index (χ0v) is 10.8. The van der Waals surface area contributed by atoms with Gasteiger partial charge < -0.3 is 5.11 Å². The van der Waals surface area contributed by atoms with Crippen LogP contribution in [0.5, 0.6) is 0 Å². The van der Waals surface area contributed by atoms with E-state index in [1.165, 1.54) is 12.1 Å². The van der Waals surface area contributed by atoms with Crippen molar-refractivity contribution < 1.29 is 9.50 Å². The molecule has 0 aliphatic heterocycles. The van der Waals surface area contributed by atoms with Crippen molar-refractivity contribution in [2.75, 3.05) is 6.61 Å². The van der Waals surface area contributed by atoms with Gasteiger partial charge in [0, 0.05) is 0 Å². The maximum absolute atomic E-state index is 13.6. The Bertz CT molecular complexity index is 735. The van der Waals surface area contributed by atoms with Gasteiger partial charge in [0.05, 0.1) is 5.92 Å². The average molecular weight is 264 g/mol. The van der Waals surface area contributed by atoms with Crippen LogP contribution < -0.4 is 0 Å². The molecule has 1 aliphatic rings. The van der Waals surface area contributed by atoms with Crippen LogP contribution in [0, 0.1) is 17.7 Å². The summed E-state index contributed by atoms with van der Waals surface area (Å²) < 4.78 is 13.6. The van der Waals surface area contributed by atoms with E-state index < -0.39 is 0 Å². The van der Waals surface area contributed by atoms with E-state index in [9.17, 15) is 4.39 Å². The van der Waals surface area contributed by atoms with Gasteiger partial charge in [0.1, 0.15) is 12.4 Å². The minimum atomic E-state index is -0.271. The predicted octanol–water partition coefficient (Wildman–Crippen LogP) is 3.44. The lowest BCUT2D eigenvalue weighted by molar-refractivity contribution is 0.350. The lowest BCUT2D eigenvalue weighted by Gasteiger charge is -2.14. The molecular formula is C18H13FO. The van der Waals surface area contributed by atoms with Crippen LogP contribution >= 0.6 is 0 Å². The zero-order valence-electron chi connectivity index (χ0n) is 10.8. The van der Waals surface area contributed by atoms with Crippen molar-refractivity contribution in [3.05, 3.63) is 70.5 Å². The Hall–Kier alpha value is -2.37. The standard InChI is InChI=1S/C18H13FO/c19-15-10-9-14-8-7-13-4-1-2-5-16(13)17(6-3-11-20)18(14)12-15/h1-2,4-5,7-10,12,17,20H,11H2. The van der Waals surface area contributed by atoms with Crippen LogP contribution in [0.1, 0.15) is 28.2 Å². The third kappa shape index (κ3) is 2.24. The number of hydrogen-bond acceptors (Lipinski definition) is 1.